The van der Waals surface area contributed by atoms with Crippen molar-refractivity contribution in [3.8, 4) is 0 Å². The number of imidazole rings is 1. The molecule has 1 fully saturated rings. The molecular formula is C14H21N5O5. The molecule has 2 aromatic heterocycles. The maximum atomic E-state index is 11.9. The van der Waals surface area contributed by atoms with Crippen LogP contribution in [-0.4, -0.2) is 63.8 Å². The van der Waals surface area contributed by atoms with Crippen LogP contribution < -0.4 is 11.3 Å². The summed E-state index contributed by atoms with van der Waals surface area (Å²) in [4.78, 5) is 22.6. The van der Waals surface area contributed by atoms with Gasteiger partial charge in [0.2, 0.25) is 5.95 Å². The van der Waals surface area contributed by atoms with Crippen LogP contribution in [0, 0.1) is 5.92 Å². The van der Waals surface area contributed by atoms with Gasteiger partial charge in [0.25, 0.3) is 5.56 Å². The van der Waals surface area contributed by atoms with Crippen LogP contribution in [0.5, 0.6) is 0 Å². The van der Waals surface area contributed by atoms with Crippen LogP contribution >= 0.6 is 0 Å². The Hall–Kier alpha value is -2.01. The number of methoxy groups -OCH3 is 1. The number of aliphatic hydroxyl groups is 1. The van der Waals surface area contributed by atoms with Gasteiger partial charge in [0, 0.05) is 13.0 Å². The van der Waals surface area contributed by atoms with Crippen LogP contribution in [0.2, 0.25) is 0 Å². The monoisotopic (exact) mass is 339 g/mol. The van der Waals surface area contributed by atoms with Crippen LogP contribution in [0.3, 0.4) is 0 Å². The molecule has 24 heavy (non-hydrogen) atoms. The molecule has 0 bridgehead atoms. The summed E-state index contributed by atoms with van der Waals surface area (Å²) in [6.07, 6.45) is 0.153. The van der Waals surface area contributed by atoms with E-state index in [9.17, 15) is 9.90 Å². The van der Waals surface area contributed by atoms with E-state index >= 15 is 0 Å². The highest BCUT2D eigenvalue weighted by Gasteiger charge is 2.44. The first-order valence-corrected chi connectivity index (χ1v) is 7.66. The second-order valence-electron chi connectivity index (χ2n) is 5.71. The second-order valence-corrected chi connectivity index (χ2v) is 5.71. The lowest BCUT2D eigenvalue weighted by atomic mass is 10.0. The van der Waals surface area contributed by atoms with E-state index in [0.717, 1.165) is 0 Å². The largest absolute Gasteiger partial charge is 0.394 e. The van der Waals surface area contributed by atoms with Gasteiger partial charge in [-0.05, 0) is 0 Å². The number of H-pyrrole nitrogens is 1. The van der Waals surface area contributed by atoms with Crippen molar-refractivity contribution in [1.29, 1.82) is 0 Å². The number of nitrogens with zero attached hydrogens (tertiary/aromatic N) is 3. The zero-order chi connectivity index (χ0) is 17.3. The van der Waals surface area contributed by atoms with Crippen molar-refractivity contribution < 1.29 is 19.3 Å². The average Bonchev–Trinajstić information content (AvgIpc) is 3.09. The van der Waals surface area contributed by atoms with E-state index in [-0.39, 0.29) is 36.2 Å². The van der Waals surface area contributed by atoms with E-state index in [1.165, 1.54) is 6.33 Å². The third-order valence-electron chi connectivity index (χ3n) is 4.20. The number of fused-ring (bicyclic) bond motifs is 1. The first-order valence-electron chi connectivity index (χ1n) is 7.66. The van der Waals surface area contributed by atoms with Crippen molar-refractivity contribution >= 4 is 17.1 Å². The smallest absolute Gasteiger partial charge is 0.280 e. The third-order valence-corrected chi connectivity index (χ3v) is 4.20. The summed E-state index contributed by atoms with van der Waals surface area (Å²) in [6.45, 7) is 2.62. The van der Waals surface area contributed by atoms with Crippen molar-refractivity contribution in [1.82, 2.24) is 19.5 Å². The zero-order valence-corrected chi connectivity index (χ0v) is 13.5. The molecule has 1 aliphatic rings. The minimum Gasteiger partial charge on any atom is -0.394 e. The summed E-state index contributed by atoms with van der Waals surface area (Å²) in [5.41, 5.74) is 5.69. The van der Waals surface area contributed by atoms with Gasteiger partial charge in [-0.3, -0.25) is 14.3 Å². The Bertz CT molecular complexity index is 760. The molecule has 3 rings (SSSR count). The Labute approximate surface area is 137 Å². The molecule has 3 heterocycles. The lowest BCUT2D eigenvalue weighted by Crippen LogP contribution is -2.30. The number of nitrogen functional groups attached to an aromatic ring is 1. The number of nitrogens with one attached hydrogen (secondary N) is 1. The van der Waals surface area contributed by atoms with Crippen LogP contribution in [0.4, 0.5) is 5.95 Å². The molecule has 0 radical (unpaired) electrons. The van der Waals surface area contributed by atoms with Gasteiger partial charge < -0.3 is 25.1 Å². The summed E-state index contributed by atoms with van der Waals surface area (Å²) in [5, 5.41) is 9.52. The average molecular weight is 339 g/mol. The minimum atomic E-state index is -0.576. The van der Waals surface area contributed by atoms with Gasteiger partial charge >= 0.3 is 0 Å². The number of rotatable bonds is 6. The van der Waals surface area contributed by atoms with Crippen LogP contribution in [-0.2, 0) is 14.2 Å². The molecule has 0 amide bonds. The van der Waals surface area contributed by atoms with Gasteiger partial charge in [-0.2, -0.15) is 4.98 Å². The number of ether oxygens (including phenoxy) is 3. The van der Waals surface area contributed by atoms with Gasteiger partial charge in [-0.1, -0.05) is 6.92 Å². The molecule has 4 N–H and O–H groups in total. The van der Waals surface area contributed by atoms with Gasteiger partial charge in [0.15, 0.2) is 17.4 Å². The molecule has 1 aliphatic heterocycles. The van der Waals surface area contributed by atoms with Crippen LogP contribution in [0.1, 0.15) is 13.2 Å². The Morgan fingerprint density at radius 1 is 1.50 bits per heavy atom. The van der Waals surface area contributed by atoms with E-state index < -0.39 is 11.8 Å². The van der Waals surface area contributed by atoms with Crippen LogP contribution in [0.25, 0.3) is 11.2 Å². The Morgan fingerprint density at radius 3 is 3.00 bits per heavy atom. The fraction of sp³-hybridized carbons (Fsp3) is 0.643. The van der Waals surface area contributed by atoms with Gasteiger partial charge in [-0.15, -0.1) is 0 Å². The molecule has 10 nitrogen and oxygen atoms in total. The molecule has 132 valence electrons. The van der Waals surface area contributed by atoms with Crippen molar-refractivity contribution in [2.75, 3.05) is 32.7 Å². The SMILES string of the molecule is COCCOC1[C@@H](C)[C@@H](CO)O[C@H]1n1cnc2c(=O)[nH]c(N)nc21. The Balaban J connectivity index is 1.97. The van der Waals surface area contributed by atoms with Crippen molar-refractivity contribution in [2.45, 2.75) is 25.4 Å². The summed E-state index contributed by atoms with van der Waals surface area (Å²) < 4.78 is 18.4. The first kappa shape index (κ1) is 16.8. The fourth-order valence-electron chi connectivity index (χ4n) is 2.92. The van der Waals surface area contributed by atoms with Crippen LogP contribution in [0.15, 0.2) is 11.1 Å². The van der Waals surface area contributed by atoms with Crippen molar-refractivity contribution in [2.24, 2.45) is 5.92 Å². The van der Waals surface area contributed by atoms with E-state index in [1.807, 2.05) is 6.92 Å². The Kier molecular flexibility index (Phi) is 4.81. The van der Waals surface area contributed by atoms with E-state index in [1.54, 1.807) is 11.7 Å². The van der Waals surface area contributed by atoms with Gasteiger partial charge in [0.05, 0.1) is 32.3 Å². The molecule has 1 saturated heterocycles. The van der Waals surface area contributed by atoms with E-state index in [4.69, 9.17) is 19.9 Å². The van der Waals surface area contributed by atoms with E-state index in [0.29, 0.717) is 18.9 Å². The number of aliphatic hydroxyl groups excluding tert-OH is 1. The van der Waals surface area contributed by atoms with Crippen molar-refractivity contribution in [3.63, 3.8) is 0 Å². The molecule has 2 aromatic rings. The van der Waals surface area contributed by atoms with Gasteiger partial charge in [-0.25, -0.2) is 4.98 Å². The molecule has 4 atom stereocenters. The molecule has 0 saturated carbocycles. The number of hydrogen-bond donors (Lipinski definition) is 3. The van der Waals surface area contributed by atoms with Crippen molar-refractivity contribution in [3.05, 3.63) is 16.7 Å². The molecule has 0 spiro atoms. The minimum absolute atomic E-state index is 0.00384. The maximum Gasteiger partial charge on any atom is 0.280 e. The number of aromatic nitrogens is 4. The highest BCUT2D eigenvalue weighted by Crippen LogP contribution is 2.36. The highest BCUT2D eigenvalue weighted by atomic mass is 16.6. The highest BCUT2D eigenvalue weighted by molar-refractivity contribution is 5.70. The first-order chi connectivity index (χ1) is 11.6. The maximum absolute atomic E-state index is 11.9. The summed E-state index contributed by atoms with van der Waals surface area (Å²) in [6, 6.07) is 0. The second kappa shape index (κ2) is 6.85. The molecule has 10 heteroatoms. The summed E-state index contributed by atoms with van der Waals surface area (Å²) >= 11 is 0. The number of aromatic amines is 1. The number of anilines is 1. The standard InChI is InChI=1S/C14H21N5O5/c1-7-8(5-20)24-13(10(7)23-4-3-22-2)19-6-16-9-11(19)17-14(15)18-12(9)21/h6-8,10,13,20H,3-5H2,1-2H3,(H3,15,17,18,21)/t7-,8+,10?,13+/m0/s1. The number of hydrogen-bond acceptors (Lipinski definition) is 8. The quantitative estimate of drug-likeness (QED) is 0.585. The topological polar surface area (TPSA) is 138 Å². The third kappa shape index (κ3) is 2.88. The Morgan fingerprint density at radius 2 is 2.29 bits per heavy atom. The fourth-order valence-corrected chi connectivity index (χ4v) is 2.92. The number of nitrogens with two attached hydrogens (primary N) is 1. The predicted octanol–water partition coefficient (Wildman–Crippen LogP) is -0.741. The summed E-state index contributed by atoms with van der Waals surface area (Å²) in [5.74, 6) is -0.0653. The molecule has 0 aromatic carbocycles. The molecule has 1 unspecified atom stereocenters. The predicted molar refractivity (Wildman–Crippen MR) is 84.3 cm³/mol. The van der Waals surface area contributed by atoms with E-state index in [2.05, 4.69) is 15.0 Å². The lowest BCUT2D eigenvalue weighted by Gasteiger charge is -2.22. The summed E-state index contributed by atoms with van der Waals surface area (Å²) in [7, 11) is 1.59. The molecular weight excluding hydrogens is 318 g/mol. The zero-order valence-electron chi connectivity index (χ0n) is 13.5. The lowest BCUT2D eigenvalue weighted by molar-refractivity contribution is -0.0757. The normalized spacial score (nSPS) is 27.1. The molecule has 0 aliphatic carbocycles. The van der Waals surface area contributed by atoms with Gasteiger partial charge in [0.1, 0.15) is 6.10 Å².